The average Bonchev–Trinajstić information content (AvgIpc) is 3.21. The fraction of sp³-hybridized carbons (Fsp3) is 0.273. The van der Waals surface area contributed by atoms with Crippen LogP contribution in [0.15, 0.2) is 48.8 Å². The molecule has 0 saturated carbocycles. The van der Waals surface area contributed by atoms with Gasteiger partial charge in [-0.1, -0.05) is 23.2 Å². The number of rotatable bonds is 10. The highest BCUT2D eigenvalue weighted by Gasteiger charge is 2.16. The molecule has 0 unspecified atom stereocenters. The van der Waals surface area contributed by atoms with Crippen molar-refractivity contribution in [3.05, 3.63) is 58.8 Å². The lowest BCUT2D eigenvalue weighted by Gasteiger charge is -2.13. The number of carbonyl (C=O) groups is 2. The predicted molar refractivity (Wildman–Crippen MR) is 121 cm³/mol. The van der Waals surface area contributed by atoms with Crippen molar-refractivity contribution in [2.75, 3.05) is 13.2 Å². The maximum absolute atomic E-state index is 12.0. The molecule has 2 N–H and O–H groups in total. The molecular weight excluding hydrogens is 455 g/mol. The van der Waals surface area contributed by atoms with Crippen molar-refractivity contribution in [3.63, 3.8) is 0 Å². The summed E-state index contributed by atoms with van der Waals surface area (Å²) in [6, 6.07) is 9.71. The van der Waals surface area contributed by atoms with Crippen molar-refractivity contribution in [1.29, 1.82) is 0 Å². The van der Waals surface area contributed by atoms with E-state index in [9.17, 15) is 9.59 Å². The molecule has 0 aliphatic heterocycles. The molecule has 1 amide bonds. The Balaban J connectivity index is 1.72. The van der Waals surface area contributed by atoms with Gasteiger partial charge in [0.15, 0.2) is 5.78 Å². The highest BCUT2D eigenvalue weighted by atomic mass is 35.5. The summed E-state index contributed by atoms with van der Waals surface area (Å²) in [4.78, 5) is 27.4. The molecule has 1 atom stereocenters. The smallest absolute Gasteiger partial charge is 0.220 e. The topological polar surface area (TPSA) is 106 Å². The van der Waals surface area contributed by atoms with Crippen molar-refractivity contribution in [1.82, 2.24) is 20.1 Å². The lowest BCUT2D eigenvalue weighted by molar-refractivity contribution is -0.127. The van der Waals surface area contributed by atoms with Gasteiger partial charge >= 0.3 is 0 Å². The van der Waals surface area contributed by atoms with E-state index < -0.39 is 12.6 Å². The third-order valence-corrected chi connectivity index (χ3v) is 5.33. The zero-order valence-electron chi connectivity index (χ0n) is 17.3. The molecule has 3 rings (SSSR count). The molecule has 168 valence electrons. The Bertz CT molecular complexity index is 1090. The molecule has 0 aliphatic rings. The molecule has 3 aromatic rings. The molecule has 0 aliphatic carbocycles. The minimum Gasteiger partial charge on any atom is -0.478 e. The minimum atomic E-state index is -0.887. The monoisotopic (exact) mass is 476 g/mol. The summed E-state index contributed by atoms with van der Waals surface area (Å²) in [6.07, 6.45) is 3.91. The van der Waals surface area contributed by atoms with Crippen molar-refractivity contribution >= 4 is 34.9 Å². The standard InChI is InChI=1S/C22H22Cl2N4O4/c1-14(30)20(13-29)26-21(31)5-3-9-32-22-11-19(15-4-2-8-25-12-15)27-28(22)16-6-7-17(23)18(24)10-16/h2,4,6-8,10-12,20,29H,3,5,9,13H2,1H3,(H,26,31)/t20-/m0/s1. The molecule has 8 nitrogen and oxygen atoms in total. The number of Topliss-reactive ketones (excluding diaryl/α,β-unsaturated/α-hetero) is 1. The number of hydrogen-bond acceptors (Lipinski definition) is 6. The summed E-state index contributed by atoms with van der Waals surface area (Å²) in [6.45, 7) is 1.11. The van der Waals surface area contributed by atoms with Gasteiger partial charge in [-0.25, -0.2) is 4.68 Å². The van der Waals surface area contributed by atoms with Gasteiger partial charge in [-0.15, -0.1) is 0 Å². The summed E-state index contributed by atoms with van der Waals surface area (Å²) < 4.78 is 7.50. The number of benzene rings is 1. The van der Waals surface area contributed by atoms with Crippen LogP contribution in [0.2, 0.25) is 10.0 Å². The van der Waals surface area contributed by atoms with Crippen LogP contribution in [0.1, 0.15) is 19.8 Å². The van der Waals surface area contributed by atoms with Crippen LogP contribution in [0, 0.1) is 0 Å². The fourth-order valence-corrected chi connectivity index (χ4v) is 3.17. The van der Waals surface area contributed by atoms with Gasteiger partial charge in [-0.05, 0) is 43.7 Å². The van der Waals surface area contributed by atoms with E-state index in [1.165, 1.54) is 6.92 Å². The van der Waals surface area contributed by atoms with E-state index in [0.717, 1.165) is 5.56 Å². The van der Waals surface area contributed by atoms with Crippen LogP contribution in [-0.2, 0) is 9.59 Å². The van der Waals surface area contributed by atoms with Crippen LogP contribution in [0.3, 0.4) is 0 Å². The number of halogens is 2. The number of aliphatic hydroxyl groups is 1. The molecule has 0 spiro atoms. The van der Waals surface area contributed by atoms with E-state index in [2.05, 4.69) is 15.4 Å². The minimum absolute atomic E-state index is 0.139. The van der Waals surface area contributed by atoms with Gasteiger partial charge in [0.1, 0.15) is 6.04 Å². The molecule has 2 heterocycles. The fourth-order valence-electron chi connectivity index (χ4n) is 2.88. The second kappa shape index (κ2) is 11.1. The molecule has 32 heavy (non-hydrogen) atoms. The number of amides is 1. The van der Waals surface area contributed by atoms with Gasteiger partial charge in [0.05, 0.1) is 34.6 Å². The molecule has 10 heteroatoms. The van der Waals surface area contributed by atoms with Crippen LogP contribution in [0.5, 0.6) is 5.88 Å². The lowest BCUT2D eigenvalue weighted by Crippen LogP contribution is -2.42. The number of carbonyl (C=O) groups excluding carboxylic acids is 2. The second-order valence-corrected chi connectivity index (χ2v) is 7.80. The third-order valence-electron chi connectivity index (χ3n) is 4.59. The van der Waals surface area contributed by atoms with Crippen LogP contribution < -0.4 is 10.1 Å². The Hall–Kier alpha value is -2.94. The van der Waals surface area contributed by atoms with Crippen LogP contribution in [0.4, 0.5) is 0 Å². The van der Waals surface area contributed by atoms with E-state index in [-0.39, 0.29) is 24.7 Å². The molecular formula is C22H22Cl2N4O4. The maximum Gasteiger partial charge on any atom is 0.220 e. The number of ether oxygens (including phenoxy) is 1. The number of pyridine rings is 1. The molecule has 1 aromatic carbocycles. The largest absolute Gasteiger partial charge is 0.478 e. The Kier molecular flexibility index (Phi) is 8.21. The highest BCUT2D eigenvalue weighted by Crippen LogP contribution is 2.29. The maximum atomic E-state index is 12.0. The zero-order valence-corrected chi connectivity index (χ0v) is 18.8. The zero-order chi connectivity index (χ0) is 23.1. The number of hydrogen-bond donors (Lipinski definition) is 2. The van der Waals surface area contributed by atoms with Crippen molar-refractivity contribution in [3.8, 4) is 22.8 Å². The Morgan fingerprint density at radius 2 is 2.03 bits per heavy atom. The lowest BCUT2D eigenvalue weighted by atomic mass is 10.2. The first-order chi connectivity index (χ1) is 15.4. The third kappa shape index (κ3) is 6.06. The van der Waals surface area contributed by atoms with Gasteiger partial charge in [0, 0.05) is 30.4 Å². The van der Waals surface area contributed by atoms with Gasteiger partial charge in [0.2, 0.25) is 11.8 Å². The second-order valence-electron chi connectivity index (χ2n) is 6.99. The molecule has 0 bridgehead atoms. The van der Waals surface area contributed by atoms with Crippen molar-refractivity contribution in [2.45, 2.75) is 25.8 Å². The average molecular weight is 477 g/mol. The Morgan fingerprint density at radius 1 is 1.22 bits per heavy atom. The SMILES string of the molecule is CC(=O)[C@H](CO)NC(=O)CCCOc1cc(-c2cccnc2)nn1-c1ccc(Cl)c(Cl)c1. The Morgan fingerprint density at radius 3 is 2.69 bits per heavy atom. The summed E-state index contributed by atoms with van der Waals surface area (Å²) in [5, 5.41) is 17.1. The summed E-state index contributed by atoms with van der Waals surface area (Å²) in [7, 11) is 0. The number of aromatic nitrogens is 3. The van der Waals surface area contributed by atoms with Gasteiger partial charge in [0.25, 0.3) is 0 Å². The van der Waals surface area contributed by atoms with E-state index in [1.807, 2.05) is 12.1 Å². The normalized spacial score (nSPS) is 11.8. The molecule has 0 fully saturated rings. The quantitative estimate of drug-likeness (QED) is 0.434. The highest BCUT2D eigenvalue weighted by molar-refractivity contribution is 6.42. The van der Waals surface area contributed by atoms with Gasteiger partial charge in [-0.2, -0.15) is 5.10 Å². The number of aliphatic hydroxyl groups excluding tert-OH is 1. The molecule has 0 saturated heterocycles. The van der Waals surface area contributed by atoms with E-state index in [0.29, 0.717) is 33.7 Å². The first kappa shape index (κ1) is 23.7. The van der Waals surface area contributed by atoms with Gasteiger partial charge in [-0.3, -0.25) is 14.6 Å². The van der Waals surface area contributed by atoms with E-state index in [1.54, 1.807) is 41.3 Å². The Labute approximate surface area is 195 Å². The molecule has 2 aromatic heterocycles. The first-order valence-electron chi connectivity index (χ1n) is 9.88. The van der Waals surface area contributed by atoms with Crippen LogP contribution >= 0.6 is 23.2 Å². The summed E-state index contributed by atoms with van der Waals surface area (Å²) in [5.41, 5.74) is 2.13. The molecule has 0 radical (unpaired) electrons. The number of nitrogens with zero attached hydrogens (tertiary/aromatic N) is 3. The number of nitrogens with one attached hydrogen (secondary N) is 1. The summed E-state index contributed by atoms with van der Waals surface area (Å²) in [5.74, 6) is -0.179. The first-order valence-corrected chi connectivity index (χ1v) is 10.6. The summed E-state index contributed by atoms with van der Waals surface area (Å²) >= 11 is 12.2. The van der Waals surface area contributed by atoms with E-state index >= 15 is 0 Å². The predicted octanol–water partition coefficient (Wildman–Crippen LogP) is 3.47. The van der Waals surface area contributed by atoms with Crippen molar-refractivity contribution in [2.24, 2.45) is 0 Å². The van der Waals surface area contributed by atoms with Gasteiger partial charge < -0.3 is 15.2 Å². The van der Waals surface area contributed by atoms with Crippen LogP contribution in [0.25, 0.3) is 16.9 Å². The van der Waals surface area contributed by atoms with E-state index in [4.69, 9.17) is 33.0 Å². The van der Waals surface area contributed by atoms with Crippen LogP contribution in [-0.4, -0.2) is 50.8 Å². The van der Waals surface area contributed by atoms with Crippen molar-refractivity contribution < 1.29 is 19.4 Å². The number of ketones is 1.